The summed E-state index contributed by atoms with van der Waals surface area (Å²) in [6, 6.07) is 13.3. The van der Waals surface area contributed by atoms with E-state index < -0.39 is 0 Å². The number of pyridine rings is 1. The SMILES string of the molecule is CCCN(Cn1nc(-c2ccncc2)n(CCC)c1=S)[C@H]1CCc2ccccc21. The Morgan fingerprint density at radius 1 is 1.10 bits per heavy atom. The number of fused-ring (bicyclic) bond motifs is 1. The van der Waals surface area contributed by atoms with Gasteiger partial charge < -0.3 is 0 Å². The minimum Gasteiger partial charge on any atom is -0.300 e. The smallest absolute Gasteiger partial charge is 0.199 e. The number of aryl methyl sites for hydroxylation is 1. The molecule has 0 fully saturated rings. The number of aromatic nitrogens is 4. The number of hydrogen-bond donors (Lipinski definition) is 0. The third kappa shape index (κ3) is 4.05. The zero-order chi connectivity index (χ0) is 20.2. The van der Waals surface area contributed by atoms with Gasteiger partial charge in [0.1, 0.15) is 0 Å². The molecule has 1 aliphatic carbocycles. The third-order valence-corrected chi connectivity index (χ3v) is 6.11. The summed E-state index contributed by atoms with van der Waals surface area (Å²) in [4.78, 5) is 6.69. The largest absolute Gasteiger partial charge is 0.300 e. The van der Waals surface area contributed by atoms with E-state index in [0.29, 0.717) is 6.04 Å². The fraction of sp³-hybridized carbons (Fsp3) is 0.435. The number of nitrogens with zero attached hydrogens (tertiary/aromatic N) is 5. The Labute approximate surface area is 178 Å². The maximum Gasteiger partial charge on any atom is 0.199 e. The second-order valence-electron chi connectivity index (χ2n) is 7.70. The van der Waals surface area contributed by atoms with Crippen LogP contribution in [0, 0.1) is 4.77 Å². The molecule has 0 saturated carbocycles. The fourth-order valence-corrected chi connectivity index (χ4v) is 4.65. The van der Waals surface area contributed by atoms with Crippen LogP contribution in [0.1, 0.15) is 50.3 Å². The Bertz CT molecular complexity index is 1010. The Hall–Kier alpha value is -2.31. The fourth-order valence-electron chi connectivity index (χ4n) is 4.37. The molecule has 2 aromatic heterocycles. The van der Waals surface area contributed by atoms with Crippen molar-refractivity contribution in [2.75, 3.05) is 6.54 Å². The van der Waals surface area contributed by atoms with Crippen molar-refractivity contribution in [3.05, 3.63) is 64.7 Å². The van der Waals surface area contributed by atoms with Gasteiger partial charge in [-0.25, -0.2) is 4.68 Å². The van der Waals surface area contributed by atoms with Gasteiger partial charge in [-0.2, -0.15) is 5.10 Å². The maximum absolute atomic E-state index is 5.85. The van der Waals surface area contributed by atoms with Crippen LogP contribution in [-0.2, 0) is 19.6 Å². The first-order valence-corrected chi connectivity index (χ1v) is 11.0. The number of benzene rings is 1. The maximum atomic E-state index is 5.85. The highest BCUT2D eigenvalue weighted by atomic mass is 32.1. The Morgan fingerprint density at radius 2 is 1.90 bits per heavy atom. The minimum atomic E-state index is 0.439. The average Bonchev–Trinajstić information content (AvgIpc) is 3.31. The van der Waals surface area contributed by atoms with E-state index in [0.717, 1.165) is 55.2 Å². The molecule has 3 aromatic rings. The predicted molar refractivity (Wildman–Crippen MR) is 119 cm³/mol. The van der Waals surface area contributed by atoms with Crippen LogP contribution in [-0.4, -0.2) is 30.8 Å². The molecule has 0 spiro atoms. The molecule has 1 atom stereocenters. The lowest BCUT2D eigenvalue weighted by Gasteiger charge is -2.29. The molecule has 2 heterocycles. The highest BCUT2D eigenvalue weighted by Crippen LogP contribution is 2.36. The lowest BCUT2D eigenvalue weighted by atomic mass is 10.1. The molecule has 0 saturated heterocycles. The van der Waals surface area contributed by atoms with Gasteiger partial charge >= 0.3 is 0 Å². The molecular formula is C23H29N5S. The third-order valence-electron chi connectivity index (χ3n) is 5.68. The van der Waals surface area contributed by atoms with E-state index in [9.17, 15) is 0 Å². The predicted octanol–water partition coefficient (Wildman–Crippen LogP) is 5.24. The highest BCUT2D eigenvalue weighted by molar-refractivity contribution is 7.71. The van der Waals surface area contributed by atoms with Gasteiger partial charge in [0.05, 0.1) is 6.67 Å². The molecule has 0 bridgehead atoms. The van der Waals surface area contributed by atoms with Gasteiger partial charge in [-0.15, -0.1) is 0 Å². The summed E-state index contributed by atoms with van der Waals surface area (Å²) < 4.78 is 4.97. The normalized spacial score (nSPS) is 15.8. The molecule has 152 valence electrons. The van der Waals surface area contributed by atoms with Crippen LogP contribution >= 0.6 is 12.2 Å². The Morgan fingerprint density at radius 3 is 2.66 bits per heavy atom. The van der Waals surface area contributed by atoms with Crippen LogP contribution in [0.5, 0.6) is 0 Å². The highest BCUT2D eigenvalue weighted by Gasteiger charge is 2.28. The molecule has 0 N–H and O–H groups in total. The summed E-state index contributed by atoms with van der Waals surface area (Å²) in [5, 5.41) is 4.95. The van der Waals surface area contributed by atoms with E-state index >= 15 is 0 Å². The lowest BCUT2D eigenvalue weighted by molar-refractivity contribution is 0.141. The molecule has 0 radical (unpaired) electrons. The van der Waals surface area contributed by atoms with Crippen molar-refractivity contribution in [3.8, 4) is 11.4 Å². The van der Waals surface area contributed by atoms with E-state index in [1.54, 1.807) is 0 Å². The van der Waals surface area contributed by atoms with Gasteiger partial charge in [0, 0.05) is 37.1 Å². The lowest BCUT2D eigenvalue weighted by Crippen LogP contribution is -2.31. The summed E-state index contributed by atoms with van der Waals surface area (Å²) in [6.07, 6.45) is 8.07. The Balaban J connectivity index is 1.68. The second-order valence-corrected chi connectivity index (χ2v) is 8.07. The molecule has 29 heavy (non-hydrogen) atoms. The second kappa shape index (κ2) is 9.01. The van der Waals surface area contributed by atoms with E-state index in [-0.39, 0.29) is 0 Å². The topological polar surface area (TPSA) is 38.9 Å². The first kappa shape index (κ1) is 20.0. The van der Waals surface area contributed by atoms with Gasteiger partial charge in [-0.05, 0) is 61.2 Å². The molecule has 6 heteroatoms. The molecule has 1 aromatic carbocycles. The monoisotopic (exact) mass is 407 g/mol. The average molecular weight is 408 g/mol. The van der Waals surface area contributed by atoms with Crippen LogP contribution in [0.2, 0.25) is 0 Å². The standard InChI is InChI=1S/C23H29N5S/c1-3-15-26(21-10-9-18-7-5-6-8-20(18)21)17-28-23(29)27(16-4-2)22(25-28)19-11-13-24-14-12-19/h5-8,11-14,21H,3-4,9-10,15-17H2,1-2H3/t21-/m0/s1. The van der Waals surface area contributed by atoms with Crippen LogP contribution in [0.25, 0.3) is 11.4 Å². The zero-order valence-corrected chi connectivity index (χ0v) is 18.1. The van der Waals surface area contributed by atoms with E-state index in [4.69, 9.17) is 17.3 Å². The van der Waals surface area contributed by atoms with Crippen LogP contribution in [0.3, 0.4) is 0 Å². The first-order chi connectivity index (χ1) is 14.2. The van der Waals surface area contributed by atoms with Gasteiger partial charge in [-0.1, -0.05) is 38.1 Å². The zero-order valence-electron chi connectivity index (χ0n) is 17.3. The van der Waals surface area contributed by atoms with Crippen molar-refractivity contribution in [2.45, 2.75) is 58.8 Å². The van der Waals surface area contributed by atoms with E-state index in [1.165, 1.54) is 17.5 Å². The van der Waals surface area contributed by atoms with Gasteiger partial charge in [0.15, 0.2) is 10.6 Å². The van der Waals surface area contributed by atoms with Crippen molar-refractivity contribution in [2.24, 2.45) is 0 Å². The quantitative estimate of drug-likeness (QED) is 0.479. The Kier molecular flexibility index (Phi) is 6.21. The van der Waals surface area contributed by atoms with Crippen molar-refractivity contribution < 1.29 is 0 Å². The molecule has 1 aliphatic rings. The summed E-state index contributed by atoms with van der Waals surface area (Å²) in [5.41, 5.74) is 4.01. The molecule has 0 amide bonds. The van der Waals surface area contributed by atoms with Crippen LogP contribution in [0.4, 0.5) is 0 Å². The molecule has 5 nitrogen and oxygen atoms in total. The van der Waals surface area contributed by atoms with E-state index in [2.05, 4.69) is 52.6 Å². The van der Waals surface area contributed by atoms with E-state index in [1.807, 2.05) is 29.2 Å². The van der Waals surface area contributed by atoms with Gasteiger partial charge in [0.2, 0.25) is 0 Å². The number of rotatable bonds is 8. The van der Waals surface area contributed by atoms with Crippen molar-refractivity contribution >= 4 is 12.2 Å². The van der Waals surface area contributed by atoms with Crippen molar-refractivity contribution in [1.29, 1.82) is 0 Å². The molecule has 0 aliphatic heterocycles. The van der Waals surface area contributed by atoms with Crippen LogP contribution < -0.4 is 0 Å². The summed E-state index contributed by atoms with van der Waals surface area (Å²) in [5.74, 6) is 0.933. The first-order valence-electron chi connectivity index (χ1n) is 10.6. The van der Waals surface area contributed by atoms with Gasteiger partial charge in [0.25, 0.3) is 0 Å². The van der Waals surface area contributed by atoms with Gasteiger partial charge in [-0.3, -0.25) is 14.5 Å². The summed E-state index contributed by atoms with van der Waals surface area (Å²) in [7, 11) is 0. The van der Waals surface area contributed by atoms with Crippen molar-refractivity contribution in [3.63, 3.8) is 0 Å². The molecule has 4 rings (SSSR count). The summed E-state index contributed by atoms with van der Waals surface area (Å²) in [6.45, 7) is 7.04. The summed E-state index contributed by atoms with van der Waals surface area (Å²) >= 11 is 5.85. The van der Waals surface area contributed by atoms with Crippen LogP contribution in [0.15, 0.2) is 48.8 Å². The molecule has 0 unspecified atom stereocenters. The number of hydrogen-bond acceptors (Lipinski definition) is 4. The van der Waals surface area contributed by atoms with Crippen molar-refractivity contribution in [1.82, 2.24) is 24.2 Å². The minimum absolute atomic E-state index is 0.439. The molecular weight excluding hydrogens is 378 g/mol.